The molecule has 0 saturated heterocycles. The minimum Gasteiger partial charge on any atom is -0.478 e. The van der Waals surface area contributed by atoms with Crippen molar-refractivity contribution in [3.8, 4) is 0 Å². The van der Waals surface area contributed by atoms with Gasteiger partial charge in [-0.25, -0.2) is 9.59 Å². The molecule has 0 aliphatic heterocycles. The van der Waals surface area contributed by atoms with Crippen LogP contribution in [0.1, 0.15) is 26.7 Å². The predicted molar refractivity (Wildman–Crippen MR) is 87.6 cm³/mol. The summed E-state index contributed by atoms with van der Waals surface area (Å²) in [6.45, 7) is 3.32. The third kappa shape index (κ3) is 4.94. The number of benzene rings is 1. The van der Waals surface area contributed by atoms with Crippen molar-refractivity contribution in [3.05, 3.63) is 57.9 Å². The number of carboxylic acids is 2. The molecule has 8 nitrogen and oxygen atoms in total. The Morgan fingerprint density at radius 1 is 1.04 bits per heavy atom. The number of carboxylic acid groups (broad SMARTS) is 2. The van der Waals surface area contributed by atoms with Crippen molar-refractivity contribution in [3.63, 3.8) is 0 Å². The molecule has 0 aromatic heterocycles. The van der Waals surface area contributed by atoms with Crippen LogP contribution in [0.4, 0.5) is 11.4 Å². The van der Waals surface area contributed by atoms with Crippen LogP contribution < -0.4 is 4.90 Å². The van der Waals surface area contributed by atoms with Gasteiger partial charge in [0.25, 0.3) is 5.69 Å². The average Bonchev–Trinajstić information content (AvgIpc) is 2.54. The summed E-state index contributed by atoms with van der Waals surface area (Å²) in [5, 5.41) is 29.1. The van der Waals surface area contributed by atoms with E-state index >= 15 is 0 Å². The number of carbonyl (C=O) groups is 2. The van der Waals surface area contributed by atoms with Gasteiger partial charge in [0.2, 0.25) is 0 Å². The van der Waals surface area contributed by atoms with Crippen molar-refractivity contribution in [2.45, 2.75) is 26.7 Å². The van der Waals surface area contributed by atoms with E-state index in [2.05, 4.69) is 0 Å². The summed E-state index contributed by atoms with van der Waals surface area (Å²) in [7, 11) is 0. The number of aliphatic carboxylic acids is 2. The fraction of sp³-hybridized carbons (Fsp3) is 0.250. The maximum Gasteiger partial charge on any atom is 0.333 e. The van der Waals surface area contributed by atoms with Crippen LogP contribution >= 0.6 is 0 Å². The number of nitrogens with zero attached hydrogens (tertiary/aromatic N) is 2. The van der Waals surface area contributed by atoms with Crippen molar-refractivity contribution >= 4 is 23.3 Å². The fourth-order valence-corrected chi connectivity index (χ4v) is 1.86. The molecule has 0 atom stereocenters. The van der Waals surface area contributed by atoms with E-state index in [4.69, 9.17) is 10.2 Å². The molecular formula is C16H18N2O6. The number of anilines is 1. The Kier molecular flexibility index (Phi) is 6.66. The second kappa shape index (κ2) is 8.47. The van der Waals surface area contributed by atoms with Crippen LogP contribution in [0.2, 0.25) is 0 Å². The van der Waals surface area contributed by atoms with Crippen LogP contribution in [-0.4, -0.2) is 27.1 Å². The van der Waals surface area contributed by atoms with Crippen LogP contribution in [0, 0.1) is 10.1 Å². The van der Waals surface area contributed by atoms with Crippen LogP contribution in [0.15, 0.2) is 47.8 Å². The van der Waals surface area contributed by atoms with Crippen LogP contribution in [-0.2, 0) is 9.59 Å². The van der Waals surface area contributed by atoms with Crippen LogP contribution in [0.5, 0.6) is 0 Å². The number of hydrogen-bond donors (Lipinski definition) is 2. The van der Waals surface area contributed by atoms with Gasteiger partial charge in [-0.05, 0) is 25.0 Å². The maximum absolute atomic E-state index is 11.2. The Bertz CT molecular complexity index is 659. The highest BCUT2D eigenvalue weighted by atomic mass is 16.6. The van der Waals surface area contributed by atoms with Crippen molar-refractivity contribution in [2.24, 2.45) is 0 Å². The molecule has 0 radical (unpaired) electrons. The van der Waals surface area contributed by atoms with E-state index in [1.54, 1.807) is 13.8 Å². The van der Waals surface area contributed by atoms with E-state index in [0.717, 1.165) is 0 Å². The monoisotopic (exact) mass is 334 g/mol. The molecule has 0 saturated carbocycles. The quantitative estimate of drug-likeness (QED) is 0.425. The SMILES string of the molecule is CCC(=CN(C=C(CC)C(=O)O)c1ccc([N+](=O)[O-])cc1)C(=O)O. The Morgan fingerprint density at radius 3 is 1.75 bits per heavy atom. The summed E-state index contributed by atoms with van der Waals surface area (Å²) < 4.78 is 0. The topological polar surface area (TPSA) is 121 Å². The molecule has 8 heteroatoms. The van der Waals surface area contributed by atoms with Gasteiger partial charge in [0.05, 0.1) is 16.1 Å². The van der Waals surface area contributed by atoms with Crippen molar-refractivity contribution in [2.75, 3.05) is 4.90 Å². The van der Waals surface area contributed by atoms with Gasteiger partial charge in [-0.2, -0.15) is 0 Å². The Morgan fingerprint density at radius 2 is 1.46 bits per heavy atom. The molecule has 2 N–H and O–H groups in total. The van der Waals surface area contributed by atoms with Gasteiger partial charge >= 0.3 is 11.9 Å². The second-order valence-corrected chi connectivity index (χ2v) is 4.81. The van der Waals surface area contributed by atoms with E-state index in [0.29, 0.717) is 5.69 Å². The minimum absolute atomic E-state index is 0.0745. The molecule has 0 amide bonds. The van der Waals surface area contributed by atoms with E-state index in [-0.39, 0.29) is 29.7 Å². The first-order chi connectivity index (χ1) is 11.3. The normalized spacial score (nSPS) is 11.9. The smallest absolute Gasteiger partial charge is 0.333 e. The van der Waals surface area contributed by atoms with E-state index in [1.807, 2.05) is 0 Å². The summed E-state index contributed by atoms with van der Waals surface area (Å²) in [6, 6.07) is 5.39. The Hall–Kier alpha value is -3.16. The first kappa shape index (κ1) is 18.9. The zero-order chi connectivity index (χ0) is 18.3. The predicted octanol–water partition coefficient (Wildman–Crippen LogP) is 3.16. The molecule has 0 bridgehead atoms. The zero-order valence-electron chi connectivity index (χ0n) is 13.3. The first-order valence-electron chi connectivity index (χ1n) is 7.20. The second-order valence-electron chi connectivity index (χ2n) is 4.81. The first-order valence-corrected chi connectivity index (χ1v) is 7.20. The lowest BCUT2D eigenvalue weighted by Gasteiger charge is -2.18. The highest BCUT2D eigenvalue weighted by Crippen LogP contribution is 2.22. The molecule has 0 spiro atoms. The minimum atomic E-state index is -1.12. The standard InChI is InChI=1S/C16H18N2O6/c1-3-11(15(19)20)9-17(10-12(4-2)16(21)22)13-5-7-14(8-6-13)18(23)24/h5-10H,3-4H2,1-2H3,(H,19,20)(H,21,22). The van der Waals surface area contributed by atoms with Crippen LogP contribution in [0.3, 0.4) is 0 Å². The molecule has 1 aromatic rings. The number of non-ortho nitro benzene ring substituents is 1. The summed E-state index contributed by atoms with van der Waals surface area (Å²) in [5.74, 6) is -2.24. The van der Waals surface area contributed by atoms with Crippen molar-refractivity contribution in [1.29, 1.82) is 0 Å². The van der Waals surface area contributed by atoms with E-state index < -0.39 is 16.9 Å². The molecule has 24 heavy (non-hydrogen) atoms. The number of nitro benzene ring substituents is 1. The van der Waals surface area contributed by atoms with Gasteiger partial charge in [-0.1, -0.05) is 13.8 Å². The summed E-state index contributed by atoms with van der Waals surface area (Å²) in [5.41, 5.74) is 0.449. The van der Waals surface area contributed by atoms with Crippen LogP contribution in [0.25, 0.3) is 0 Å². The molecule has 0 aliphatic carbocycles. The zero-order valence-corrected chi connectivity index (χ0v) is 13.3. The van der Waals surface area contributed by atoms with Gasteiger partial charge in [-0.15, -0.1) is 0 Å². The lowest BCUT2D eigenvalue weighted by molar-refractivity contribution is -0.384. The molecule has 128 valence electrons. The average molecular weight is 334 g/mol. The van der Waals surface area contributed by atoms with Crippen molar-refractivity contribution in [1.82, 2.24) is 0 Å². The van der Waals surface area contributed by atoms with Gasteiger partial charge < -0.3 is 15.1 Å². The Balaban J connectivity index is 3.39. The third-order valence-corrected chi connectivity index (χ3v) is 3.26. The molecule has 0 unspecified atom stereocenters. The molecule has 0 heterocycles. The largest absolute Gasteiger partial charge is 0.478 e. The summed E-state index contributed by atoms with van der Waals surface area (Å²) in [4.78, 5) is 33.9. The highest BCUT2D eigenvalue weighted by Gasteiger charge is 2.13. The lowest BCUT2D eigenvalue weighted by Crippen LogP contribution is -2.15. The highest BCUT2D eigenvalue weighted by molar-refractivity contribution is 5.89. The van der Waals surface area contributed by atoms with Gasteiger partial charge in [0.15, 0.2) is 0 Å². The maximum atomic E-state index is 11.2. The summed E-state index contributed by atoms with van der Waals surface area (Å²) in [6.07, 6.45) is 3.09. The van der Waals surface area contributed by atoms with E-state index in [1.165, 1.54) is 41.6 Å². The number of nitro groups is 1. The molecule has 0 fully saturated rings. The molecular weight excluding hydrogens is 316 g/mol. The molecule has 1 aromatic carbocycles. The molecule has 1 rings (SSSR count). The van der Waals surface area contributed by atoms with Gasteiger partial charge in [0.1, 0.15) is 0 Å². The third-order valence-electron chi connectivity index (χ3n) is 3.26. The van der Waals surface area contributed by atoms with Gasteiger partial charge in [-0.3, -0.25) is 10.1 Å². The molecule has 0 aliphatic rings. The van der Waals surface area contributed by atoms with Gasteiger partial charge in [0, 0.05) is 30.2 Å². The summed E-state index contributed by atoms with van der Waals surface area (Å²) >= 11 is 0. The Labute approximate surface area is 138 Å². The fourth-order valence-electron chi connectivity index (χ4n) is 1.86. The van der Waals surface area contributed by atoms with E-state index in [9.17, 15) is 19.7 Å². The lowest BCUT2D eigenvalue weighted by atomic mass is 10.2. The number of hydrogen-bond acceptors (Lipinski definition) is 5. The number of rotatable bonds is 8. The van der Waals surface area contributed by atoms with Crippen molar-refractivity contribution < 1.29 is 24.7 Å².